The topological polar surface area (TPSA) is 87.7 Å². The summed E-state index contributed by atoms with van der Waals surface area (Å²) in [4.78, 5) is 22.4. The van der Waals surface area contributed by atoms with Crippen molar-refractivity contribution in [1.82, 2.24) is 5.32 Å². The zero-order valence-electron chi connectivity index (χ0n) is 10.6. The Morgan fingerprint density at radius 1 is 1.47 bits per heavy atom. The largest absolute Gasteiger partial charge is 0.478 e. The van der Waals surface area contributed by atoms with Gasteiger partial charge in [-0.1, -0.05) is 0 Å². The van der Waals surface area contributed by atoms with E-state index in [1.807, 2.05) is 0 Å². The second-order valence-corrected chi connectivity index (χ2v) is 3.88. The molecule has 0 heterocycles. The Bertz CT molecular complexity index is 479. The molecule has 0 aliphatic carbocycles. The van der Waals surface area contributed by atoms with Gasteiger partial charge >= 0.3 is 12.0 Å². The molecule has 1 aromatic carbocycles. The maximum Gasteiger partial charge on any atom is 0.337 e. The number of urea groups is 1. The highest BCUT2D eigenvalue weighted by Crippen LogP contribution is 2.17. The molecule has 6 nitrogen and oxygen atoms in total. The molecule has 1 aromatic rings. The number of rotatable bonds is 5. The number of carbonyl (C=O) groups is 2. The molecule has 1 atom stereocenters. The van der Waals surface area contributed by atoms with E-state index in [1.54, 1.807) is 6.92 Å². The number of anilines is 1. The van der Waals surface area contributed by atoms with Crippen molar-refractivity contribution in [1.29, 1.82) is 0 Å². The summed E-state index contributed by atoms with van der Waals surface area (Å²) in [5.74, 6) is -1.88. The van der Waals surface area contributed by atoms with E-state index in [1.165, 1.54) is 7.11 Å². The summed E-state index contributed by atoms with van der Waals surface area (Å²) in [6.07, 6.45) is -0.183. The highest BCUT2D eigenvalue weighted by Gasteiger charge is 2.13. The molecular formula is C12H15FN2O4. The number of carboxylic acids is 1. The van der Waals surface area contributed by atoms with Crippen LogP contribution in [0.25, 0.3) is 0 Å². The van der Waals surface area contributed by atoms with Crippen LogP contribution in [0.2, 0.25) is 0 Å². The van der Waals surface area contributed by atoms with Gasteiger partial charge < -0.3 is 20.5 Å². The maximum atomic E-state index is 13.0. The Morgan fingerprint density at radius 3 is 2.74 bits per heavy atom. The van der Waals surface area contributed by atoms with Gasteiger partial charge in [0.25, 0.3) is 0 Å². The van der Waals surface area contributed by atoms with Gasteiger partial charge in [-0.15, -0.1) is 0 Å². The smallest absolute Gasteiger partial charge is 0.337 e. The van der Waals surface area contributed by atoms with Crippen LogP contribution in [0.4, 0.5) is 14.9 Å². The maximum absolute atomic E-state index is 13.0. The average molecular weight is 270 g/mol. The minimum absolute atomic E-state index is 0.102. The van der Waals surface area contributed by atoms with E-state index in [0.717, 1.165) is 18.2 Å². The zero-order chi connectivity index (χ0) is 14.4. The van der Waals surface area contributed by atoms with Crippen molar-refractivity contribution in [2.24, 2.45) is 0 Å². The molecule has 1 unspecified atom stereocenters. The minimum Gasteiger partial charge on any atom is -0.478 e. The predicted octanol–water partition coefficient (Wildman–Crippen LogP) is 1.68. The monoisotopic (exact) mass is 270 g/mol. The molecule has 3 N–H and O–H groups in total. The number of aromatic carboxylic acids is 1. The average Bonchev–Trinajstić information content (AvgIpc) is 2.35. The summed E-state index contributed by atoms with van der Waals surface area (Å²) in [7, 11) is 1.50. The first-order valence-electron chi connectivity index (χ1n) is 5.54. The molecule has 0 bridgehead atoms. The van der Waals surface area contributed by atoms with E-state index in [0.29, 0.717) is 0 Å². The van der Waals surface area contributed by atoms with Crippen molar-refractivity contribution in [3.05, 3.63) is 29.6 Å². The van der Waals surface area contributed by atoms with Crippen molar-refractivity contribution < 1.29 is 23.8 Å². The lowest BCUT2D eigenvalue weighted by atomic mass is 10.2. The van der Waals surface area contributed by atoms with E-state index in [4.69, 9.17) is 9.84 Å². The highest BCUT2D eigenvalue weighted by molar-refractivity contribution is 5.99. The first-order chi connectivity index (χ1) is 8.93. The van der Waals surface area contributed by atoms with Crippen LogP contribution < -0.4 is 10.6 Å². The lowest BCUT2D eigenvalue weighted by Crippen LogP contribution is -2.35. The fraction of sp³-hybridized carbons (Fsp3) is 0.333. The van der Waals surface area contributed by atoms with E-state index in [2.05, 4.69) is 10.6 Å². The van der Waals surface area contributed by atoms with Gasteiger partial charge in [0.1, 0.15) is 5.82 Å². The first kappa shape index (κ1) is 14.9. The normalized spacial score (nSPS) is 11.7. The predicted molar refractivity (Wildman–Crippen MR) is 66.9 cm³/mol. The van der Waals surface area contributed by atoms with Crippen LogP contribution in [0.5, 0.6) is 0 Å². The van der Waals surface area contributed by atoms with Crippen LogP contribution in [-0.2, 0) is 4.74 Å². The van der Waals surface area contributed by atoms with Crippen molar-refractivity contribution >= 4 is 17.7 Å². The quantitative estimate of drug-likeness (QED) is 0.759. The Morgan fingerprint density at radius 2 is 2.16 bits per heavy atom. The standard InChI is InChI=1S/C12H15FN2O4/c1-7(19-2)6-14-12(18)15-10-5-8(13)3-4-9(10)11(16)17/h3-5,7H,6H2,1-2H3,(H,16,17)(H2,14,15,18). The van der Waals surface area contributed by atoms with Crippen molar-refractivity contribution in [2.45, 2.75) is 13.0 Å². The first-order valence-corrected chi connectivity index (χ1v) is 5.54. The lowest BCUT2D eigenvalue weighted by molar-refractivity contribution is 0.0698. The van der Waals surface area contributed by atoms with Crippen LogP contribution >= 0.6 is 0 Å². The zero-order valence-corrected chi connectivity index (χ0v) is 10.6. The Kier molecular flexibility index (Phi) is 5.25. The van der Waals surface area contributed by atoms with Crippen molar-refractivity contribution in [2.75, 3.05) is 19.0 Å². The molecule has 0 aromatic heterocycles. The number of nitrogens with one attached hydrogen (secondary N) is 2. The van der Waals surface area contributed by atoms with E-state index in [9.17, 15) is 14.0 Å². The molecule has 7 heteroatoms. The summed E-state index contributed by atoms with van der Waals surface area (Å²) in [5, 5.41) is 13.7. The molecule has 0 saturated carbocycles. The molecule has 2 amide bonds. The number of hydrogen-bond acceptors (Lipinski definition) is 3. The highest BCUT2D eigenvalue weighted by atomic mass is 19.1. The number of carboxylic acid groups (broad SMARTS) is 1. The molecule has 0 aliphatic rings. The van der Waals surface area contributed by atoms with Crippen LogP contribution in [0, 0.1) is 5.82 Å². The summed E-state index contributed by atoms with van der Waals surface area (Å²) >= 11 is 0. The summed E-state index contributed by atoms with van der Waals surface area (Å²) in [5.41, 5.74) is -0.286. The number of amides is 2. The Balaban J connectivity index is 2.73. The summed E-state index contributed by atoms with van der Waals surface area (Å²) in [6.45, 7) is 2.01. The number of ether oxygens (including phenoxy) is 1. The van der Waals surface area contributed by atoms with Gasteiger partial charge in [-0.05, 0) is 25.1 Å². The molecule has 0 spiro atoms. The molecule has 104 valence electrons. The Labute approximate surface area is 109 Å². The molecule has 0 fully saturated rings. The number of halogens is 1. The SMILES string of the molecule is COC(C)CNC(=O)Nc1cc(F)ccc1C(=O)O. The third-order valence-electron chi connectivity index (χ3n) is 2.41. The summed E-state index contributed by atoms with van der Waals surface area (Å²) in [6, 6.07) is 2.42. The number of benzene rings is 1. The van der Waals surface area contributed by atoms with Crippen LogP contribution in [-0.4, -0.2) is 36.9 Å². The van der Waals surface area contributed by atoms with Gasteiger partial charge in [-0.3, -0.25) is 0 Å². The molecule has 1 rings (SSSR count). The minimum atomic E-state index is -1.25. The van der Waals surface area contributed by atoms with Gasteiger partial charge in [0.15, 0.2) is 0 Å². The second kappa shape index (κ2) is 6.69. The fourth-order valence-corrected chi connectivity index (χ4v) is 1.29. The second-order valence-electron chi connectivity index (χ2n) is 3.88. The molecule has 0 radical (unpaired) electrons. The number of methoxy groups -OCH3 is 1. The number of hydrogen-bond donors (Lipinski definition) is 3. The Hall–Kier alpha value is -2.15. The van der Waals surface area contributed by atoms with Gasteiger partial charge in [0.2, 0.25) is 0 Å². The number of carbonyl (C=O) groups excluding carboxylic acids is 1. The van der Waals surface area contributed by atoms with Gasteiger partial charge in [0.05, 0.1) is 17.4 Å². The van der Waals surface area contributed by atoms with Crippen LogP contribution in [0.3, 0.4) is 0 Å². The van der Waals surface area contributed by atoms with E-state index >= 15 is 0 Å². The summed E-state index contributed by atoms with van der Waals surface area (Å²) < 4.78 is 18.0. The van der Waals surface area contributed by atoms with Crippen LogP contribution in [0.1, 0.15) is 17.3 Å². The van der Waals surface area contributed by atoms with E-state index in [-0.39, 0.29) is 23.9 Å². The van der Waals surface area contributed by atoms with Crippen molar-refractivity contribution in [3.63, 3.8) is 0 Å². The molecular weight excluding hydrogens is 255 g/mol. The third-order valence-corrected chi connectivity index (χ3v) is 2.41. The third kappa shape index (κ3) is 4.55. The van der Waals surface area contributed by atoms with Crippen molar-refractivity contribution in [3.8, 4) is 0 Å². The van der Waals surface area contributed by atoms with Gasteiger partial charge in [0, 0.05) is 13.7 Å². The van der Waals surface area contributed by atoms with Gasteiger partial charge in [-0.25, -0.2) is 14.0 Å². The molecule has 0 aliphatic heterocycles. The fourth-order valence-electron chi connectivity index (χ4n) is 1.29. The lowest BCUT2D eigenvalue weighted by Gasteiger charge is -2.12. The molecule has 19 heavy (non-hydrogen) atoms. The van der Waals surface area contributed by atoms with E-state index < -0.39 is 17.8 Å². The van der Waals surface area contributed by atoms with Crippen LogP contribution in [0.15, 0.2) is 18.2 Å². The molecule has 0 saturated heterocycles. The van der Waals surface area contributed by atoms with Gasteiger partial charge in [-0.2, -0.15) is 0 Å².